The van der Waals surface area contributed by atoms with Gasteiger partial charge in [0.1, 0.15) is 11.6 Å². The Kier molecular flexibility index (Phi) is 4.57. The highest BCUT2D eigenvalue weighted by Crippen LogP contribution is 2.23. The van der Waals surface area contributed by atoms with Crippen LogP contribution in [0.4, 0.5) is 5.69 Å². The van der Waals surface area contributed by atoms with Crippen molar-refractivity contribution in [2.45, 2.75) is 6.92 Å². The van der Waals surface area contributed by atoms with Gasteiger partial charge in [0, 0.05) is 10.6 Å². The summed E-state index contributed by atoms with van der Waals surface area (Å²) in [7, 11) is 0. The van der Waals surface area contributed by atoms with Crippen LogP contribution in [0.5, 0.6) is 0 Å². The van der Waals surface area contributed by atoms with Gasteiger partial charge in [-0.05, 0) is 37.3 Å². The van der Waals surface area contributed by atoms with Crippen molar-refractivity contribution in [1.29, 1.82) is 5.26 Å². The zero-order valence-electron chi connectivity index (χ0n) is 10.7. The van der Waals surface area contributed by atoms with Gasteiger partial charge in [0.2, 0.25) is 0 Å². The van der Waals surface area contributed by atoms with Gasteiger partial charge in [-0.15, -0.1) is 11.3 Å². The monoisotopic (exact) mass is 302 g/mol. The molecule has 20 heavy (non-hydrogen) atoms. The molecule has 3 nitrogen and oxygen atoms in total. The Morgan fingerprint density at radius 1 is 1.30 bits per heavy atom. The second-order valence-electron chi connectivity index (χ2n) is 4.13. The first-order chi connectivity index (χ1) is 9.58. The second kappa shape index (κ2) is 6.38. The molecule has 1 amide bonds. The summed E-state index contributed by atoms with van der Waals surface area (Å²) in [4.78, 5) is 12.8. The number of halogens is 1. The number of aryl methyl sites for hydroxylation is 1. The number of hydrogen-bond acceptors (Lipinski definition) is 3. The van der Waals surface area contributed by atoms with E-state index in [2.05, 4.69) is 5.32 Å². The molecule has 100 valence electrons. The fraction of sp³-hybridized carbons (Fsp3) is 0.0667. The fourth-order valence-corrected chi connectivity index (χ4v) is 2.54. The van der Waals surface area contributed by atoms with Crippen LogP contribution in [0.15, 0.2) is 42.0 Å². The predicted octanol–water partition coefficient (Wildman–Crippen LogP) is 4.26. The van der Waals surface area contributed by atoms with Crippen LogP contribution >= 0.6 is 22.9 Å². The number of nitriles is 1. The van der Waals surface area contributed by atoms with Crippen LogP contribution in [0.25, 0.3) is 6.08 Å². The molecule has 2 rings (SSSR count). The molecular weight excluding hydrogens is 292 g/mol. The second-order valence-corrected chi connectivity index (χ2v) is 5.88. The van der Waals surface area contributed by atoms with Gasteiger partial charge in [0.05, 0.1) is 4.34 Å². The zero-order chi connectivity index (χ0) is 14.5. The molecule has 2 aromatic rings. The Bertz CT molecular complexity index is 695. The Labute approximate surface area is 126 Å². The first kappa shape index (κ1) is 14.3. The van der Waals surface area contributed by atoms with Crippen LogP contribution < -0.4 is 5.32 Å². The van der Waals surface area contributed by atoms with Crippen LogP contribution in [0, 0.1) is 18.3 Å². The lowest BCUT2D eigenvalue weighted by molar-refractivity contribution is -0.112. The van der Waals surface area contributed by atoms with E-state index in [1.807, 2.05) is 25.1 Å². The number of rotatable bonds is 3. The number of nitrogens with one attached hydrogen (secondary N) is 1. The zero-order valence-corrected chi connectivity index (χ0v) is 12.3. The van der Waals surface area contributed by atoms with Gasteiger partial charge in [-0.25, -0.2) is 0 Å². The van der Waals surface area contributed by atoms with Crippen LogP contribution in [-0.2, 0) is 4.79 Å². The lowest BCUT2D eigenvalue weighted by Crippen LogP contribution is -2.13. The average molecular weight is 303 g/mol. The van der Waals surface area contributed by atoms with E-state index < -0.39 is 5.91 Å². The molecule has 0 fully saturated rings. The SMILES string of the molecule is Cc1ccc(NC(=O)/C(C#N)=C\c2ccc(Cl)s2)cc1. The van der Waals surface area contributed by atoms with E-state index in [9.17, 15) is 4.79 Å². The fourth-order valence-electron chi connectivity index (χ4n) is 1.53. The Morgan fingerprint density at radius 3 is 2.55 bits per heavy atom. The molecule has 0 spiro atoms. The van der Waals surface area contributed by atoms with E-state index >= 15 is 0 Å². The molecule has 0 aliphatic rings. The van der Waals surface area contributed by atoms with Gasteiger partial charge in [-0.3, -0.25) is 4.79 Å². The first-order valence-electron chi connectivity index (χ1n) is 5.83. The molecule has 0 aliphatic carbocycles. The van der Waals surface area contributed by atoms with E-state index in [1.54, 1.807) is 24.3 Å². The van der Waals surface area contributed by atoms with Gasteiger partial charge < -0.3 is 5.32 Å². The third kappa shape index (κ3) is 3.70. The molecule has 0 radical (unpaired) electrons. The molecule has 0 saturated carbocycles. The van der Waals surface area contributed by atoms with Crippen molar-refractivity contribution in [3.63, 3.8) is 0 Å². The Balaban J connectivity index is 2.16. The number of anilines is 1. The lowest BCUT2D eigenvalue weighted by Gasteiger charge is -2.04. The van der Waals surface area contributed by atoms with Gasteiger partial charge in [-0.1, -0.05) is 29.3 Å². The minimum atomic E-state index is -0.430. The summed E-state index contributed by atoms with van der Waals surface area (Å²) < 4.78 is 0.618. The van der Waals surface area contributed by atoms with Gasteiger partial charge in [-0.2, -0.15) is 5.26 Å². The minimum absolute atomic E-state index is 0.0455. The first-order valence-corrected chi connectivity index (χ1v) is 7.03. The van der Waals surface area contributed by atoms with Crippen molar-refractivity contribution in [2.24, 2.45) is 0 Å². The standard InChI is InChI=1S/C15H11ClN2OS/c1-10-2-4-12(5-3-10)18-15(19)11(9-17)8-13-6-7-14(16)20-13/h2-8H,1H3,(H,18,19)/b11-8-. The molecule has 0 aliphatic heterocycles. The highest BCUT2D eigenvalue weighted by atomic mass is 35.5. The summed E-state index contributed by atoms with van der Waals surface area (Å²) in [5.41, 5.74) is 1.81. The van der Waals surface area contributed by atoms with E-state index in [-0.39, 0.29) is 5.57 Å². The van der Waals surface area contributed by atoms with Crippen molar-refractivity contribution < 1.29 is 4.79 Å². The summed E-state index contributed by atoms with van der Waals surface area (Å²) in [6, 6.07) is 12.8. The van der Waals surface area contributed by atoms with Crippen LogP contribution in [-0.4, -0.2) is 5.91 Å². The third-order valence-electron chi connectivity index (χ3n) is 2.56. The smallest absolute Gasteiger partial charge is 0.266 e. The summed E-state index contributed by atoms with van der Waals surface area (Å²) in [6.45, 7) is 1.97. The van der Waals surface area contributed by atoms with E-state index in [4.69, 9.17) is 16.9 Å². The summed E-state index contributed by atoms with van der Waals surface area (Å²) in [5, 5.41) is 11.8. The number of carbonyl (C=O) groups is 1. The topological polar surface area (TPSA) is 52.9 Å². The lowest BCUT2D eigenvalue weighted by atomic mass is 10.2. The largest absolute Gasteiger partial charge is 0.321 e. The molecule has 1 aromatic carbocycles. The number of nitrogens with zero attached hydrogens (tertiary/aromatic N) is 1. The number of amides is 1. The molecule has 0 saturated heterocycles. The summed E-state index contributed by atoms with van der Waals surface area (Å²) >= 11 is 7.13. The maximum atomic E-state index is 12.0. The summed E-state index contributed by atoms with van der Waals surface area (Å²) in [5.74, 6) is -0.430. The van der Waals surface area contributed by atoms with E-state index in [0.29, 0.717) is 10.0 Å². The number of carbonyl (C=O) groups excluding carboxylic acids is 1. The van der Waals surface area contributed by atoms with Crippen molar-refractivity contribution in [3.05, 3.63) is 56.7 Å². The molecule has 5 heteroatoms. The molecule has 1 N–H and O–H groups in total. The van der Waals surface area contributed by atoms with Crippen LogP contribution in [0.3, 0.4) is 0 Å². The van der Waals surface area contributed by atoms with E-state index in [1.165, 1.54) is 17.4 Å². The van der Waals surface area contributed by atoms with Crippen LogP contribution in [0.1, 0.15) is 10.4 Å². The molecule has 0 bridgehead atoms. The van der Waals surface area contributed by atoms with Crippen molar-refractivity contribution in [3.8, 4) is 6.07 Å². The molecule has 1 aromatic heterocycles. The van der Waals surface area contributed by atoms with E-state index in [0.717, 1.165) is 10.4 Å². The third-order valence-corrected chi connectivity index (χ3v) is 3.73. The molecule has 1 heterocycles. The summed E-state index contributed by atoms with van der Waals surface area (Å²) in [6.07, 6.45) is 1.53. The van der Waals surface area contributed by atoms with Gasteiger partial charge >= 0.3 is 0 Å². The maximum Gasteiger partial charge on any atom is 0.266 e. The number of thiophene rings is 1. The molecular formula is C15H11ClN2OS. The van der Waals surface area contributed by atoms with Gasteiger partial charge in [0.15, 0.2) is 0 Å². The Hall–Kier alpha value is -2.09. The maximum absolute atomic E-state index is 12.0. The average Bonchev–Trinajstić information content (AvgIpc) is 2.84. The van der Waals surface area contributed by atoms with Crippen molar-refractivity contribution >= 4 is 40.6 Å². The highest BCUT2D eigenvalue weighted by molar-refractivity contribution is 7.17. The Morgan fingerprint density at radius 2 is 2.00 bits per heavy atom. The minimum Gasteiger partial charge on any atom is -0.321 e. The van der Waals surface area contributed by atoms with Crippen LogP contribution in [0.2, 0.25) is 4.34 Å². The predicted molar refractivity (Wildman–Crippen MR) is 82.7 cm³/mol. The van der Waals surface area contributed by atoms with Crippen molar-refractivity contribution in [1.82, 2.24) is 0 Å². The highest BCUT2D eigenvalue weighted by Gasteiger charge is 2.10. The number of hydrogen-bond donors (Lipinski definition) is 1. The van der Waals surface area contributed by atoms with Crippen molar-refractivity contribution in [2.75, 3.05) is 5.32 Å². The molecule has 0 unspecified atom stereocenters. The van der Waals surface area contributed by atoms with Gasteiger partial charge in [0.25, 0.3) is 5.91 Å². The quantitative estimate of drug-likeness (QED) is 0.680. The normalized spacial score (nSPS) is 10.9. The molecule has 0 atom stereocenters. The number of benzene rings is 1.